The molecule has 7 nitrogen and oxygen atoms in total. The maximum absolute atomic E-state index is 12.9. The lowest BCUT2D eigenvalue weighted by Crippen LogP contribution is -2.24. The standard InChI is InChI=1S/C19H25NO6/c1-11(19(22)26-6)7-8-13-17(25-5)14-9-12(23-3)10-15(24-4)16(14)20(2)18(13)21/h9-11H,7-8H2,1-6H3. The van der Waals surface area contributed by atoms with Crippen molar-refractivity contribution in [3.8, 4) is 17.2 Å². The summed E-state index contributed by atoms with van der Waals surface area (Å²) in [6.07, 6.45) is 0.868. The molecular formula is C19H25NO6. The molecule has 2 aromatic rings. The third-order valence-corrected chi connectivity index (χ3v) is 4.56. The van der Waals surface area contributed by atoms with E-state index in [9.17, 15) is 9.59 Å². The molecule has 0 aliphatic carbocycles. The first-order chi connectivity index (χ1) is 12.4. The minimum absolute atomic E-state index is 0.185. The smallest absolute Gasteiger partial charge is 0.308 e. The van der Waals surface area contributed by atoms with Gasteiger partial charge in [0.25, 0.3) is 5.56 Å². The Kier molecular flexibility index (Phi) is 6.13. The quantitative estimate of drug-likeness (QED) is 0.703. The topological polar surface area (TPSA) is 76.0 Å². The molecule has 0 amide bonds. The Morgan fingerprint density at radius 2 is 1.81 bits per heavy atom. The van der Waals surface area contributed by atoms with Gasteiger partial charge in [0.1, 0.15) is 17.2 Å². The first-order valence-electron chi connectivity index (χ1n) is 8.28. The van der Waals surface area contributed by atoms with Crippen molar-refractivity contribution >= 4 is 16.9 Å². The molecule has 142 valence electrons. The molecule has 1 aromatic carbocycles. The molecule has 1 heterocycles. The number of hydrogen-bond acceptors (Lipinski definition) is 6. The normalized spacial score (nSPS) is 11.9. The number of pyridine rings is 1. The van der Waals surface area contributed by atoms with Crippen molar-refractivity contribution in [3.05, 3.63) is 28.0 Å². The van der Waals surface area contributed by atoms with Crippen molar-refractivity contribution in [2.75, 3.05) is 28.4 Å². The lowest BCUT2D eigenvalue weighted by molar-refractivity contribution is -0.145. The van der Waals surface area contributed by atoms with Crippen molar-refractivity contribution in [3.63, 3.8) is 0 Å². The van der Waals surface area contributed by atoms with Crippen molar-refractivity contribution in [2.45, 2.75) is 19.8 Å². The van der Waals surface area contributed by atoms with Crippen LogP contribution in [0.4, 0.5) is 0 Å². The zero-order valence-corrected chi connectivity index (χ0v) is 16.0. The zero-order valence-electron chi connectivity index (χ0n) is 16.0. The van der Waals surface area contributed by atoms with Gasteiger partial charge in [-0.15, -0.1) is 0 Å². The second-order valence-electron chi connectivity index (χ2n) is 6.06. The third-order valence-electron chi connectivity index (χ3n) is 4.56. The second kappa shape index (κ2) is 8.12. The highest BCUT2D eigenvalue weighted by Gasteiger charge is 2.22. The number of methoxy groups -OCH3 is 4. The number of rotatable bonds is 7. The fourth-order valence-corrected chi connectivity index (χ4v) is 3.07. The van der Waals surface area contributed by atoms with Gasteiger partial charge in [-0.2, -0.15) is 0 Å². The molecule has 1 unspecified atom stereocenters. The van der Waals surface area contributed by atoms with Crippen LogP contribution in [0.3, 0.4) is 0 Å². The van der Waals surface area contributed by atoms with E-state index in [1.54, 1.807) is 27.1 Å². The van der Waals surface area contributed by atoms with E-state index in [2.05, 4.69) is 0 Å². The Morgan fingerprint density at radius 3 is 2.35 bits per heavy atom. The van der Waals surface area contributed by atoms with Gasteiger partial charge in [0.2, 0.25) is 0 Å². The molecule has 0 spiro atoms. The van der Waals surface area contributed by atoms with Gasteiger partial charge >= 0.3 is 5.97 Å². The number of aromatic nitrogens is 1. The summed E-state index contributed by atoms with van der Waals surface area (Å²) in [7, 11) is 7.66. The monoisotopic (exact) mass is 363 g/mol. The van der Waals surface area contributed by atoms with E-state index in [1.807, 2.05) is 6.07 Å². The number of esters is 1. The van der Waals surface area contributed by atoms with Gasteiger partial charge in [-0.05, 0) is 18.9 Å². The molecule has 0 N–H and O–H groups in total. The SMILES string of the molecule is COC(=O)C(C)CCc1c(OC)c2cc(OC)cc(OC)c2n(C)c1=O. The minimum atomic E-state index is -0.315. The van der Waals surface area contributed by atoms with Crippen LogP contribution in [-0.2, 0) is 23.0 Å². The molecule has 0 aliphatic rings. The van der Waals surface area contributed by atoms with E-state index in [0.29, 0.717) is 46.6 Å². The van der Waals surface area contributed by atoms with Gasteiger partial charge in [-0.1, -0.05) is 6.92 Å². The summed E-state index contributed by atoms with van der Waals surface area (Å²) >= 11 is 0. The fourth-order valence-electron chi connectivity index (χ4n) is 3.07. The lowest BCUT2D eigenvalue weighted by Gasteiger charge is -2.18. The summed E-state index contributed by atoms with van der Waals surface area (Å²) in [5, 5.41) is 0.714. The number of benzene rings is 1. The maximum Gasteiger partial charge on any atom is 0.308 e. The Morgan fingerprint density at radius 1 is 1.12 bits per heavy atom. The Hall–Kier alpha value is -2.70. The lowest BCUT2D eigenvalue weighted by atomic mass is 9.99. The summed E-state index contributed by atoms with van der Waals surface area (Å²) in [4.78, 5) is 24.6. The minimum Gasteiger partial charge on any atom is -0.497 e. The van der Waals surface area contributed by atoms with Crippen LogP contribution < -0.4 is 19.8 Å². The molecule has 0 bridgehead atoms. The van der Waals surface area contributed by atoms with E-state index < -0.39 is 0 Å². The molecule has 0 fully saturated rings. The molecule has 0 aliphatic heterocycles. The van der Waals surface area contributed by atoms with Gasteiger partial charge in [-0.25, -0.2) is 0 Å². The maximum atomic E-state index is 12.9. The zero-order chi connectivity index (χ0) is 19.4. The molecule has 2 rings (SSSR count). The highest BCUT2D eigenvalue weighted by atomic mass is 16.5. The number of ether oxygens (including phenoxy) is 4. The van der Waals surface area contributed by atoms with Crippen LogP contribution >= 0.6 is 0 Å². The first kappa shape index (κ1) is 19.6. The molecule has 1 aromatic heterocycles. The van der Waals surface area contributed by atoms with E-state index in [-0.39, 0.29) is 17.4 Å². The number of carbonyl (C=O) groups is 1. The second-order valence-corrected chi connectivity index (χ2v) is 6.06. The van der Waals surface area contributed by atoms with Crippen LogP contribution in [-0.4, -0.2) is 39.0 Å². The summed E-state index contributed by atoms with van der Waals surface area (Å²) in [5.41, 5.74) is 0.948. The predicted molar refractivity (Wildman–Crippen MR) is 98.3 cm³/mol. The van der Waals surface area contributed by atoms with Crippen LogP contribution in [0.5, 0.6) is 17.2 Å². The van der Waals surface area contributed by atoms with Crippen LogP contribution in [0.25, 0.3) is 10.9 Å². The number of nitrogens with zero attached hydrogens (tertiary/aromatic N) is 1. The highest BCUT2D eigenvalue weighted by Crippen LogP contribution is 2.37. The van der Waals surface area contributed by atoms with Crippen LogP contribution in [0.15, 0.2) is 16.9 Å². The van der Waals surface area contributed by atoms with E-state index in [1.165, 1.54) is 25.9 Å². The molecule has 0 saturated carbocycles. The van der Waals surface area contributed by atoms with Crippen molar-refractivity contribution in [1.29, 1.82) is 0 Å². The summed E-state index contributed by atoms with van der Waals surface area (Å²) < 4.78 is 22.6. The van der Waals surface area contributed by atoms with Crippen LogP contribution in [0.1, 0.15) is 18.9 Å². The number of hydrogen-bond donors (Lipinski definition) is 0. The Balaban J connectivity index is 2.66. The number of fused-ring (bicyclic) bond motifs is 1. The Bertz CT molecular complexity index is 871. The highest BCUT2D eigenvalue weighted by molar-refractivity contribution is 5.92. The first-order valence-corrected chi connectivity index (χ1v) is 8.28. The van der Waals surface area contributed by atoms with Crippen LogP contribution in [0.2, 0.25) is 0 Å². The van der Waals surface area contributed by atoms with Gasteiger partial charge in [0, 0.05) is 18.5 Å². The van der Waals surface area contributed by atoms with Gasteiger partial charge < -0.3 is 23.5 Å². The number of aryl methyl sites for hydroxylation is 1. The molecule has 0 saturated heterocycles. The van der Waals surface area contributed by atoms with Crippen LogP contribution in [0, 0.1) is 5.92 Å². The molecular weight excluding hydrogens is 338 g/mol. The molecule has 26 heavy (non-hydrogen) atoms. The van der Waals surface area contributed by atoms with Gasteiger partial charge in [0.05, 0.1) is 45.4 Å². The van der Waals surface area contributed by atoms with Crippen molar-refractivity contribution in [2.24, 2.45) is 13.0 Å². The van der Waals surface area contributed by atoms with Gasteiger partial charge in [0.15, 0.2) is 0 Å². The van der Waals surface area contributed by atoms with Crippen molar-refractivity contribution in [1.82, 2.24) is 4.57 Å². The summed E-state index contributed by atoms with van der Waals surface area (Å²) in [5.74, 6) is 0.971. The molecule has 1 atom stereocenters. The summed E-state index contributed by atoms with van der Waals surface area (Å²) in [6, 6.07) is 3.53. The number of carbonyl (C=O) groups excluding carboxylic acids is 1. The molecule has 7 heteroatoms. The average Bonchev–Trinajstić information content (AvgIpc) is 2.67. The van der Waals surface area contributed by atoms with E-state index in [0.717, 1.165) is 0 Å². The Labute approximate surface area is 152 Å². The largest absolute Gasteiger partial charge is 0.497 e. The summed E-state index contributed by atoms with van der Waals surface area (Å²) in [6.45, 7) is 1.77. The average molecular weight is 363 g/mol. The third kappa shape index (κ3) is 3.47. The van der Waals surface area contributed by atoms with Crippen molar-refractivity contribution < 1.29 is 23.7 Å². The predicted octanol–water partition coefficient (Wildman–Crippen LogP) is 2.31. The van der Waals surface area contributed by atoms with E-state index >= 15 is 0 Å². The van der Waals surface area contributed by atoms with E-state index in [4.69, 9.17) is 18.9 Å². The van der Waals surface area contributed by atoms with Gasteiger partial charge in [-0.3, -0.25) is 9.59 Å². The fraction of sp³-hybridized carbons (Fsp3) is 0.474. The molecule has 0 radical (unpaired) electrons.